The average molecular weight is 399 g/mol. The molecule has 5 nitrogen and oxygen atoms in total. The van der Waals surface area contributed by atoms with Gasteiger partial charge in [-0.15, -0.1) is 0 Å². The molecule has 1 aliphatic heterocycles. The van der Waals surface area contributed by atoms with E-state index in [1.165, 1.54) is 16.4 Å². The second-order valence-electron chi connectivity index (χ2n) is 7.24. The van der Waals surface area contributed by atoms with Gasteiger partial charge in [-0.3, -0.25) is 4.79 Å². The van der Waals surface area contributed by atoms with Gasteiger partial charge in [-0.1, -0.05) is 30.9 Å². The molecule has 0 spiro atoms. The summed E-state index contributed by atoms with van der Waals surface area (Å²) in [6.45, 7) is 1.41. The molecule has 2 aliphatic rings. The minimum Gasteiger partial charge on any atom is -0.342 e. The zero-order valence-corrected chi connectivity index (χ0v) is 16.6. The summed E-state index contributed by atoms with van der Waals surface area (Å²) < 4.78 is 28.0. The zero-order valence-electron chi connectivity index (χ0n) is 15.1. The predicted octanol–water partition coefficient (Wildman–Crippen LogP) is 3.68. The molecule has 1 aromatic carbocycles. The van der Waals surface area contributed by atoms with E-state index in [9.17, 15) is 13.2 Å². The minimum atomic E-state index is -3.72. The summed E-state index contributed by atoms with van der Waals surface area (Å²) in [6, 6.07) is 6.12. The standard InChI is InChI=1S/C19H27ClN2O3S/c20-16-9-11-18(12-10-16)26(24,25)22(17-7-3-1-4-8-17)15-19(23)21-13-5-2-6-14-21/h9-12,17H,1-8,13-15H2. The Bertz CT molecular complexity index is 709. The monoisotopic (exact) mass is 398 g/mol. The van der Waals surface area contributed by atoms with Gasteiger partial charge in [0.1, 0.15) is 0 Å². The molecule has 1 aliphatic carbocycles. The smallest absolute Gasteiger partial charge is 0.243 e. The van der Waals surface area contributed by atoms with Crippen molar-refractivity contribution in [3.05, 3.63) is 29.3 Å². The van der Waals surface area contributed by atoms with Crippen LogP contribution in [0.4, 0.5) is 0 Å². The van der Waals surface area contributed by atoms with Crippen LogP contribution in [0, 0.1) is 0 Å². The highest BCUT2D eigenvalue weighted by atomic mass is 35.5. The van der Waals surface area contributed by atoms with Crippen molar-refractivity contribution in [3.63, 3.8) is 0 Å². The first-order chi connectivity index (χ1) is 12.5. The molecule has 1 heterocycles. The number of carbonyl (C=O) groups is 1. The molecule has 7 heteroatoms. The van der Waals surface area contributed by atoms with Gasteiger partial charge >= 0.3 is 0 Å². The van der Waals surface area contributed by atoms with Gasteiger partial charge in [0.25, 0.3) is 0 Å². The van der Waals surface area contributed by atoms with Crippen molar-refractivity contribution in [2.24, 2.45) is 0 Å². The van der Waals surface area contributed by atoms with Crippen molar-refractivity contribution >= 4 is 27.5 Å². The van der Waals surface area contributed by atoms with Gasteiger partial charge in [0.05, 0.1) is 11.4 Å². The topological polar surface area (TPSA) is 57.7 Å². The molecule has 0 aromatic heterocycles. The molecular weight excluding hydrogens is 372 g/mol. The van der Waals surface area contributed by atoms with E-state index in [0.717, 1.165) is 64.5 Å². The van der Waals surface area contributed by atoms with Gasteiger partial charge in [0, 0.05) is 24.2 Å². The molecule has 1 saturated carbocycles. The number of rotatable bonds is 5. The number of halogens is 1. The molecule has 1 aromatic rings. The maximum atomic E-state index is 13.3. The maximum absolute atomic E-state index is 13.3. The number of carbonyl (C=O) groups excluding carboxylic acids is 1. The number of amides is 1. The third-order valence-corrected chi connectivity index (χ3v) is 7.57. The van der Waals surface area contributed by atoms with Crippen LogP contribution in [0.15, 0.2) is 29.2 Å². The average Bonchev–Trinajstić information content (AvgIpc) is 2.67. The predicted molar refractivity (Wildman–Crippen MR) is 103 cm³/mol. The molecule has 1 saturated heterocycles. The van der Waals surface area contributed by atoms with Crippen LogP contribution in [0.5, 0.6) is 0 Å². The second-order valence-corrected chi connectivity index (χ2v) is 9.56. The number of hydrogen-bond acceptors (Lipinski definition) is 3. The molecule has 0 atom stereocenters. The Kier molecular flexibility index (Phi) is 6.59. The summed E-state index contributed by atoms with van der Waals surface area (Å²) in [5.41, 5.74) is 0. The van der Waals surface area contributed by atoms with E-state index < -0.39 is 10.0 Å². The van der Waals surface area contributed by atoms with E-state index in [0.29, 0.717) is 5.02 Å². The van der Waals surface area contributed by atoms with Gasteiger partial charge in [0.15, 0.2) is 0 Å². The fourth-order valence-electron chi connectivity index (χ4n) is 3.90. The molecule has 0 unspecified atom stereocenters. The highest BCUT2D eigenvalue weighted by molar-refractivity contribution is 7.89. The Morgan fingerprint density at radius 3 is 2.19 bits per heavy atom. The highest BCUT2D eigenvalue weighted by Gasteiger charge is 2.35. The van der Waals surface area contributed by atoms with Crippen LogP contribution < -0.4 is 0 Å². The van der Waals surface area contributed by atoms with Gasteiger partial charge in [-0.05, 0) is 56.4 Å². The van der Waals surface area contributed by atoms with Crippen LogP contribution >= 0.6 is 11.6 Å². The molecule has 1 amide bonds. The summed E-state index contributed by atoms with van der Waals surface area (Å²) in [7, 11) is -3.72. The summed E-state index contributed by atoms with van der Waals surface area (Å²) >= 11 is 5.91. The van der Waals surface area contributed by atoms with Gasteiger partial charge in [-0.25, -0.2) is 8.42 Å². The number of piperidine rings is 1. The van der Waals surface area contributed by atoms with Gasteiger partial charge in [-0.2, -0.15) is 4.31 Å². The molecular formula is C19H27ClN2O3S. The van der Waals surface area contributed by atoms with Crippen molar-refractivity contribution < 1.29 is 13.2 Å². The van der Waals surface area contributed by atoms with Crippen LogP contribution in [0.1, 0.15) is 51.4 Å². The first-order valence-electron chi connectivity index (χ1n) is 9.54. The summed E-state index contributed by atoms with van der Waals surface area (Å²) in [4.78, 5) is 14.8. The van der Waals surface area contributed by atoms with Crippen molar-refractivity contribution in [1.82, 2.24) is 9.21 Å². The molecule has 2 fully saturated rings. The molecule has 26 heavy (non-hydrogen) atoms. The van der Waals surface area contributed by atoms with Crippen LogP contribution in [0.2, 0.25) is 5.02 Å². The fourth-order valence-corrected chi connectivity index (χ4v) is 5.66. The molecule has 0 bridgehead atoms. The van der Waals surface area contributed by atoms with Gasteiger partial charge < -0.3 is 4.90 Å². The van der Waals surface area contributed by atoms with E-state index in [2.05, 4.69) is 0 Å². The Morgan fingerprint density at radius 2 is 1.58 bits per heavy atom. The Hall–Kier alpha value is -1.11. The third kappa shape index (κ3) is 4.59. The largest absolute Gasteiger partial charge is 0.342 e. The summed E-state index contributed by atoms with van der Waals surface area (Å²) in [5, 5.41) is 0.498. The Balaban J connectivity index is 1.84. The second kappa shape index (κ2) is 8.72. The number of benzene rings is 1. The normalized spacial score (nSPS) is 19.7. The lowest BCUT2D eigenvalue weighted by atomic mass is 9.95. The van der Waals surface area contributed by atoms with Gasteiger partial charge in [0.2, 0.25) is 15.9 Å². The van der Waals surface area contributed by atoms with Crippen LogP contribution in [-0.2, 0) is 14.8 Å². The maximum Gasteiger partial charge on any atom is 0.243 e. The van der Waals surface area contributed by atoms with Crippen molar-refractivity contribution in [2.45, 2.75) is 62.3 Å². The lowest BCUT2D eigenvalue weighted by Crippen LogP contribution is -2.49. The van der Waals surface area contributed by atoms with E-state index in [-0.39, 0.29) is 23.4 Å². The van der Waals surface area contributed by atoms with Crippen LogP contribution in [0.3, 0.4) is 0 Å². The Morgan fingerprint density at radius 1 is 1.00 bits per heavy atom. The Labute approximate surface area is 161 Å². The number of likely N-dealkylation sites (tertiary alicyclic amines) is 1. The van der Waals surface area contributed by atoms with E-state index in [4.69, 9.17) is 11.6 Å². The quantitative estimate of drug-likeness (QED) is 0.760. The first-order valence-corrected chi connectivity index (χ1v) is 11.4. The number of sulfonamides is 1. The van der Waals surface area contributed by atoms with E-state index in [1.807, 2.05) is 4.90 Å². The SMILES string of the molecule is O=C(CN(C1CCCCC1)S(=O)(=O)c1ccc(Cl)cc1)N1CCCCC1. The van der Waals surface area contributed by atoms with Crippen LogP contribution in [0.25, 0.3) is 0 Å². The fraction of sp³-hybridized carbons (Fsp3) is 0.632. The first kappa shape index (κ1) is 19.6. The molecule has 0 radical (unpaired) electrons. The third-order valence-electron chi connectivity index (χ3n) is 5.40. The lowest BCUT2D eigenvalue weighted by molar-refractivity contribution is -0.132. The number of nitrogens with zero attached hydrogens (tertiary/aromatic N) is 2. The van der Waals surface area contributed by atoms with Crippen molar-refractivity contribution in [2.75, 3.05) is 19.6 Å². The zero-order chi connectivity index (χ0) is 18.6. The van der Waals surface area contributed by atoms with Crippen LogP contribution in [-0.4, -0.2) is 49.2 Å². The molecule has 0 N–H and O–H groups in total. The van der Waals surface area contributed by atoms with E-state index >= 15 is 0 Å². The minimum absolute atomic E-state index is 0.0599. The van der Waals surface area contributed by atoms with Crippen molar-refractivity contribution in [1.29, 1.82) is 0 Å². The lowest BCUT2D eigenvalue weighted by Gasteiger charge is -2.35. The van der Waals surface area contributed by atoms with Crippen molar-refractivity contribution in [3.8, 4) is 0 Å². The van der Waals surface area contributed by atoms with E-state index in [1.54, 1.807) is 12.1 Å². The summed E-state index contributed by atoms with van der Waals surface area (Å²) in [6.07, 6.45) is 7.92. The molecule has 3 rings (SSSR count). The highest BCUT2D eigenvalue weighted by Crippen LogP contribution is 2.28. The summed E-state index contributed by atoms with van der Waals surface area (Å²) in [5.74, 6) is -0.0761. The molecule has 144 valence electrons. The number of hydrogen-bond donors (Lipinski definition) is 0.